The molecule has 0 spiro atoms. The third-order valence-corrected chi connectivity index (χ3v) is 0. The van der Waals surface area contributed by atoms with E-state index in [0.717, 1.165) is 0 Å². The zero-order valence-electron chi connectivity index (χ0n) is 5.79. The topological polar surface area (TPSA) is 80.9 Å². The molecule has 0 heterocycles. The van der Waals surface area contributed by atoms with E-state index >= 15 is 0 Å². The van der Waals surface area contributed by atoms with E-state index in [0.29, 0.717) is 41.9 Å². The Bertz CT molecular complexity index is 8.00. The van der Waals surface area contributed by atoms with Gasteiger partial charge in [0.2, 0.25) is 0 Å². The second-order valence-electron chi connectivity index (χ2n) is 0. The second-order valence-corrected chi connectivity index (χ2v) is 0. The van der Waals surface area contributed by atoms with Gasteiger partial charge in [-0.2, -0.15) is 0 Å². The molecule has 0 saturated heterocycles. The summed E-state index contributed by atoms with van der Waals surface area (Å²) in [6.07, 6.45) is 0. The van der Waals surface area contributed by atoms with Crippen LogP contribution >= 0.6 is 0 Å². The van der Waals surface area contributed by atoms with Gasteiger partial charge in [0.15, 0.2) is 0 Å². The van der Waals surface area contributed by atoms with E-state index in [4.69, 9.17) is 19.2 Å². The van der Waals surface area contributed by atoms with Crippen LogP contribution in [-0.4, -0.2) is 61.1 Å². The molecule has 0 aromatic heterocycles. The first-order chi connectivity index (χ1) is 4.00. The van der Waals surface area contributed by atoms with E-state index in [9.17, 15) is 0 Å². The van der Waals surface area contributed by atoms with E-state index in [1.165, 1.54) is 0 Å². The molecule has 0 aliphatic carbocycles. The first-order valence-corrected chi connectivity index (χ1v) is 5.37. The Balaban J connectivity index is -0.0000000133. The molecule has 0 fully saturated rings. The van der Waals surface area contributed by atoms with E-state index in [1.807, 2.05) is 0 Å². The van der Waals surface area contributed by atoms with E-state index < -0.39 is 0 Å². The van der Waals surface area contributed by atoms with Crippen LogP contribution in [0.25, 0.3) is 0 Å². The van der Waals surface area contributed by atoms with Gasteiger partial charge in [-0.05, 0) is 0 Å². The molecule has 4 nitrogen and oxygen atoms in total. The van der Waals surface area contributed by atoms with Gasteiger partial charge >= 0.3 is 0 Å². The molecule has 0 amide bonds. The van der Waals surface area contributed by atoms with Crippen molar-refractivity contribution in [2.24, 2.45) is 0 Å². The van der Waals surface area contributed by atoms with Gasteiger partial charge in [-0.15, -0.1) is 0 Å². The van der Waals surface area contributed by atoms with Crippen molar-refractivity contribution in [3.8, 4) is 0 Å². The van der Waals surface area contributed by atoms with Gasteiger partial charge in [0.05, 0.1) is 0 Å². The van der Waals surface area contributed by atoms with Gasteiger partial charge in [-0.1, -0.05) is 0 Å². The fraction of sp³-hybridized carbons (Fsp3) is 0. The molecular weight excluding hydrogens is 176 g/mol. The van der Waals surface area contributed by atoms with Crippen LogP contribution in [0, 0.1) is 0 Å². The van der Waals surface area contributed by atoms with Crippen LogP contribution in [0.15, 0.2) is 0 Å². The standard InChI is InChI=1S/4H4OSi/c4*1-2/h4*1H,2H3. The summed E-state index contributed by atoms with van der Waals surface area (Å²) in [4.78, 5) is 28.6. The molecule has 0 aromatic carbocycles. The smallest absolute Gasteiger partial charge is 0.141 e. The predicted octanol–water partition coefficient (Wildman–Crippen LogP) is -6.96. The zero-order chi connectivity index (χ0) is 8.00. The molecule has 0 radical (unpaired) electrons. The molecule has 56 valence electrons. The van der Waals surface area contributed by atoms with Crippen LogP contribution in [-0.2, 0) is 0 Å². The van der Waals surface area contributed by atoms with Gasteiger partial charge in [-0.25, -0.2) is 0 Å². The average Bonchev–Trinajstić information content (AvgIpc) is 2.03. The monoisotopic (exact) mass is 192 g/mol. The highest BCUT2D eigenvalue weighted by atomic mass is 28.2. The average molecular weight is 192 g/mol. The number of rotatable bonds is 0. The fourth-order valence-corrected chi connectivity index (χ4v) is 0. The minimum Gasteiger partial charge on any atom is -0.442 e. The quantitative estimate of drug-likeness (QED) is 0.288. The Morgan fingerprint density at radius 2 is 0.375 bits per heavy atom. The Hall–Kier alpha value is 0.708. The molecule has 0 saturated carbocycles. The van der Waals surface area contributed by atoms with Crippen LogP contribution in [0.5, 0.6) is 0 Å². The summed E-state index contributed by atoms with van der Waals surface area (Å²) in [6.45, 7) is 0. The zero-order valence-corrected chi connectivity index (χ0v) is 13.8. The van der Waals surface area contributed by atoms with E-state index in [-0.39, 0.29) is 0 Å². The van der Waals surface area contributed by atoms with Crippen molar-refractivity contribution in [2.45, 2.75) is 0 Å². The van der Waals surface area contributed by atoms with Crippen molar-refractivity contribution in [3.05, 3.63) is 0 Å². The SMILES string of the molecule is O[SiH3].O[SiH3].O[SiH3].O[SiH3]. The second kappa shape index (κ2) is 693. The lowest BCUT2D eigenvalue weighted by Crippen LogP contribution is -1.34. The number of hydrogen-bond acceptors (Lipinski definition) is 4. The Morgan fingerprint density at radius 1 is 0.375 bits per heavy atom. The van der Waals surface area contributed by atoms with E-state index in [1.54, 1.807) is 0 Å². The Kier molecular flexibility index (Phi) is 2020. The van der Waals surface area contributed by atoms with Gasteiger partial charge in [0, 0.05) is 0 Å². The third kappa shape index (κ3) is 436. The van der Waals surface area contributed by atoms with Crippen LogP contribution < -0.4 is 0 Å². The normalized spacial score (nSPS) is 4.50. The summed E-state index contributed by atoms with van der Waals surface area (Å²) in [7, 11) is 1.22. The molecule has 0 atom stereocenters. The molecule has 0 aliphatic heterocycles. The molecule has 0 bridgehead atoms. The van der Waals surface area contributed by atoms with Gasteiger partial charge in [0.25, 0.3) is 0 Å². The van der Waals surface area contributed by atoms with Crippen LogP contribution in [0.1, 0.15) is 0 Å². The summed E-state index contributed by atoms with van der Waals surface area (Å²) in [5.74, 6) is 0. The highest BCUT2D eigenvalue weighted by molar-refractivity contribution is 5.95. The molecular formula is H16O4Si4. The fourth-order valence-electron chi connectivity index (χ4n) is 0. The summed E-state index contributed by atoms with van der Waals surface area (Å²) < 4.78 is 0. The Morgan fingerprint density at radius 3 is 0.375 bits per heavy atom. The maximum absolute atomic E-state index is 7.14. The molecule has 8 heavy (non-hydrogen) atoms. The summed E-state index contributed by atoms with van der Waals surface area (Å²) >= 11 is 0. The van der Waals surface area contributed by atoms with Crippen molar-refractivity contribution in [1.82, 2.24) is 0 Å². The largest absolute Gasteiger partial charge is 0.442 e. The molecule has 0 aromatic rings. The lowest BCUT2D eigenvalue weighted by molar-refractivity contribution is 0.628. The maximum atomic E-state index is 7.14. The van der Waals surface area contributed by atoms with Crippen molar-refractivity contribution in [3.63, 3.8) is 0 Å². The van der Waals surface area contributed by atoms with Crippen LogP contribution in [0.2, 0.25) is 0 Å². The van der Waals surface area contributed by atoms with Gasteiger partial charge in [0.1, 0.15) is 41.9 Å². The van der Waals surface area contributed by atoms with Gasteiger partial charge < -0.3 is 19.2 Å². The molecule has 4 N–H and O–H groups in total. The highest BCUT2D eigenvalue weighted by Gasteiger charge is 0.897. The molecule has 0 unspecified atom stereocenters. The summed E-state index contributed by atoms with van der Waals surface area (Å²) in [5, 5.41) is 0. The molecule has 0 aliphatic rings. The summed E-state index contributed by atoms with van der Waals surface area (Å²) in [5.41, 5.74) is 0. The predicted molar refractivity (Wildman–Crippen MR) is 48.6 cm³/mol. The first kappa shape index (κ1) is 23.3. The first-order valence-electron chi connectivity index (χ1n) is 1.79. The van der Waals surface area contributed by atoms with Crippen molar-refractivity contribution in [2.75, 3.05) is 0 Å². The van der Waals surface area contributed by atoms with E-state index in [2.05, 4.69) is 0 Å². The lowest BCUT2D eigenvalue weighted by Gasteiger charge is -1.19. The van der Waals surface area contributed by atoms with Crippen molar-refractivity contribution >= 4 is 41.9 Å². The lowest BCUT2D eigenvalue weighted by atomic mass is 15.9. The number of hydrogen-bond donors (Lipinski definition) is 4. The summed E-state index contributed by atoms with van der Waals surface area (Å²) in [6, 6.07) is 0. The van der Waals surface area contributed by atoms with Crippen LogP contribution in [0.4, 0.5) is 0 Å². The minimum absolute atomic E-state index is 0.306. The molecule has 8 heteroatoms. The Labute approximate surface area is 61.7 Å². The minimum atomic E-state index is 0.306. The highest BCUT2D eigenvalue weighted by Crippen LogP contribution is 0.672. The van der Waals surface area contributed by atoms with Crippen molar-refractivity contribution < 1.29 is 19.2 Å². The van der Waals surface area contributed by atoms with Gasteiger partial charge in [-0.3, -0.25) is 0 Å². The third-order valence-electron chi connectivity index (χ3n) is 0. The maximum Gasteiger partial charge on any atom is 0.141 e. The van der Waals surface area contributed by atoms with Crippen molar-refractivity contribution in [1.29, 1.82) is 0 Å². The van der Waals surface area contributed by atoms with Crippen LogP contribution in [0.3, 0.4) is 0 Å². The molecule has 0 rings (SSSR count).